The third-order valence-corrected chi connectivity index (χ3v) is 7.71. The van der Waals surface area contributed by atoms with Crippen LogP contribution in [0.1, 0.15) is 95.2 Å². The third kappa shape index (κ3) is 12.6. The Morgan fingerprint density at radius 3 is 1.89 bits per heavy atom. The molecule has 0 saturated heterocycles. The van der Waals surface area contributed by atoms with E-state index in [1.807, 2.05) is 60.3 Å². The van der Waals surface area contributed by atoms with Crippen molar-refractivity contribution >= 4 is 10.0 Å². The van der Waals surface area contributed by atoms with Gasteiger partial charge in [-0.2, -0.15) is 4.31 Å². The minimum Gasteiger partial charge on any atom is -0.494 e. The molecule has 2 rings (SSSR count). The molecule has 35 heavy (non-hydrogen) atoms. The van der Waals surface area contributed by atoms with Crippen LogP contribution in [0.5, 0.6) is 5.75 Å². The van der Waals surface area contributed by atoms with E-state index in [4.69, 9.17) is 4.74 Å². The van der Waals surface area contributed by atoms with Crippen molar-refractivity contribution in [1.82, 2.24) is 4.31 Å². The first-order valence-electron chi connectivity index (χ1n) is 13.5. The normalized spacial score (nSPS) is 11.8. The van der Waals surface area contributed by atoms with Crippen molar-refractivity contribution < 1.29 is 17.7 Å². The van der Waals surface area contributed by atoms with Crippen LogP contribution in [0.3, 0.4) is 0 Å². The van der Waals surface area contributed by atoms with Gasteiger partial charge in [-0.25, -0.2) is 13.0 Å². The van der Waals surface area contributed by atoms with Crippen molar-refractivity contribution in [3.63, 3.8) is 0 Å². The van der Waals surface area contributed by atoms with Crippen LogP contribution in [-0.4, -0.2) is 25.6 Å². The minimum absolute atomic E-state index is 0.340. The van der Waals surface area contributed by atoms with Gasteiger partial charge in [0.2, 0.25) is 10.0 Å². The molecule has 0 aliphatic heterocycles. The first-order chi connectivity index (χ1) is 16.9. The molecule has 0 aliphatic rings. The zero-order valence-corrected chi connectivity index (χ0v) is 23.1. The van der Waals surface area contributed by atoms with E-state index in [-0.39, 0.29) is 0 Å². The molecule has 6 heteroatoms. The Kier molecular flexibility index (Phi) is 14.0. The highest BCUT2D eigenvalue weighted by Gasteiger charge is 2.21. The van der Waals surface area contributed by atoms with Gasteiger partial charge in [0.25, 0.3) is 0 Å². The molecule has 0 fully saturated rings. The second-order valence-corrected chi connectivity index (χ2v) is 11.7. The highest BCUT2D eigenvalue weighted by Crippen LogP contribution is 2.17. The number of pyridine rings is 1. The van der Waals surface area contributed by atoms with Crippen LogP contribution in [0.15, 0.2) is 48.7 Å². The molecule has 1 aromatic heterocycles. The Morgan fingerprint density at radius 1 is 0.771 bits per heavy atom. The Hall–Kier alpha value is -1.92. The van der Waals surface area contributed by atoms with Crippen LogP contribution in [0.2, 0.25) is 0 Å². The van der Waals surface area contributed by atoms with Gasteiger partial charge in [0.15, 0.2) is 11.9 Å². The number of hydrogen-bond donors (Lipinski definition) is 0. The molecule has 1 heterocycles. The Balaban J connectivity index is 1.63. The summed E-state index contributed by atoms with van der Waals surface area (Å²) in [4.78, 5) is 0. The summed E-state index contributed by atoms with van der Waals surface area (Å²) in [6.45, 7) is 3.68. The summed E-state index contributed by atoms with van der Waals surface area (Å²) in [5.74, 6) is 0.845. The van der Waals surface area contributed by atoms with Crippen LogP contribution in [0.4, 0.5) is 0 Å². The van der Waals surface area contributed by atoms with E-state index in [2.05, 4.69) is 6.92 Å². The van der Waals surface area contributed by atoms with E-state index in [1.54, 1.807) is 0 Å². The van der Waals surface area contributed by atoms with Gasteiger partial charge in [-0.15, -0.1) is 0 Å². The van der Waals surface area contributed by atoms with E-state index in [9.17, 15) is 8.42 Å². The van der Waals surface area contributed by atoms with Gasteiger partial charge in [-0.05, 0) is 24.1 Å². The summed E-state index contributed by atoms with van der Waals surface area (Å²) < 4.78 is 34.1. The predicted octanol–water partition coefficient (Wildman–Crippen LogP) is 6.55. The van der Waals surface area contributed by atoms with Crippen molar-refractivity contribution in [2.75, 3.05) is 12.9 Å². The molecule has 0 saturated carbocycles. The molecule has 0 aliphatic carbocycles. The lowest BCUT2D eigenvalue weighted by molar-refractivity contribution is -0.680. The number of nitrogens with zero attached hydrogens (tertiary/aromatic N) is 2. The Labute approximate surface area is 214 Å². The molecule has 0 radical (unpaired) electrons. The van der Waals surface area contributed by atoms with Crippen molar-refractivity contribution in [3.05, 3.63) is 59.9 Å². The average Bonchev–Trinajstić information content (AvgIpc) is 2.83. The number of ether oxygens (including phenoxy) is 1. The van der Waals surface area contributed by atoms with E-state index >= 15 is 0 Å². The molecule has 0 unspecified atom stereocenters. The maximum Gasteiger partial charge on any atom is 0.212 e. The molecule has 0 amide bonds. The Bertz CT molecular complexity index is 929. The maximum atomic E-state index is 12.4. The standard InChI is InChI=1S/C29H47N2O3S/c1-4-5-6-7-8-9-10-11-12-13-14-17-24-34-29-21-19-27(20-22-29)25-31(35(3,32)33)26-28-18-15-16-23-30(28)2/h15-16,18-23H,4-14,17,24-26H2,1-3H3/q+1. The molecule has 0 atom stereocenters. The third-order valence-electron chi connectivity index (χ3n) is 6.52. The van der Waals surface area contributed by atoms with Crippen molar-refractivity contribution in [2.45, 2.75) is 97.1 Å². The van der Waals surface area contributed by atoms with Crippen molar-refractivity contribution in [1.29, 1.82) is 0 Å². The second-order valence-electron chi connectivity index (χ2n) is 9.72. The predicted molar refractivity (Wildman–Crippen MR) is 145 cm³/mol. The quantitative estimate of drug-likeness (QED) is 0.161. The number of sulfonamides is 1. The zero-order chi connectivity index (χ0) is 25.4. The number of aryl methyl sites for hydroxylation is 1. The van der Waals surface area contributed by atoms with Crippen LogP contribution in [-0.2, 0) is 30.2 Å². The van der Waals surface area contributed by atoms with Crippen LogP contribution in [0.25, 0.3) is 0 Å². The van der Waals surface area contributed by atoms with E-state index < -0.39 is 10.0 Å². The molecule has 0 bridgehead atoms. The fourth-order valence-electron chi connectivity index (χ4n) is 4.22. The molecule has 0 spiro atoms. The van der Waals surface area contributed by atoms with Crippen LogP contribution >= 0.6 is 0 Å². The summed E-state index contributed by atoms with van der Waals surface area (Å²) in [6, 6.07) is 13.6. The van der Waals surface area contributed by atoms with Gasteiger partial charge in [0.05, 0.1) is 19.4 Å². The van der Waals surface area contributed by atoms with Crippen molar-refractivity contribution in [2.24, 2.45) is 7.05 Å². The second kappa shape index (κ2) is 16.7. The smallest absolute Gasteiger partial charge is 0.212 e. The molecule has 5 nitrogen and oxygen atoms in total. The van der Waals surface area contributed by atoms with Crippen molar-refractivity contribution in [3.8, 4) is 5.75 Å². The number of hydrogen-bond acceptors (Lipinski definition) is 3. The lowest BCUT2D eigenvalue weighted by Gasteiger charge is -2.19. The lowest BCUT2D eigenvalue weighted by Crippen LogP contribution is -2.38. The van der Waals surface area contributed by atoms with E-state index in [0.717, 1.165) is 30.0 Å². The summed E-state index contributed by atoms with van der Waals surface area (Å²) in [5.41, 5.74) is 1.90. The topological polar surface area (TPSA) is 50.5 Å². The van der Waals surface area contributed by atoms with Gasteiger partial charge in [-0.1, -0.05) is 95.8 Å². The first-order valence-corrected chi connectivity index (χ1v) is 15.4. The van der Waals surface area contributed by atoms with Crippen LogP contribution < -0.4 is 9.30 Å². The minimum atomic E-state index is -3.34. The fraction of sp³-hybridized carbons (Fsp3) is 0.621. The number of rotatable bonds is 19. The van der Waals surface area contributed by atoms with Gasteiger partial charge in [0.1, 0.15) is 12.8 Å². The number of benzene rings is 1. The Morgan fingerprint density at radius 2 is 1.34 bits per heavy atom. The maximum absolute atomic E-state index is 12.4. The summed E-state index contributed by atoms with van der Waals surface area (Å²) in [7, 11) is -1.41. The number of aromatic nitrogens is 1. The van der Waals surface area contributed by atoms with Crippen LogP contribution in [0, 0.1) is 0 Å². The van der Waals surface area contributed by atoms with Gasteiger partial charge in [-0.3, -0.25) is 0 Å². The van der Waals surface area contributed by atoms with Gasteiger partial charge < -0.3 is 4.74 Å². The fourth-order valence-corrected chi connectivity index (χ4v) is 4.97. The highest BCUT2D eigenvalue weighted by atomic mass is 32.2. The molecular formula is C29H47N2O3S+. The molecule has 1 aromatic carbocycles. The van der Waals surface area contributed by atoms with E-state index in [0.29, 0.717) is 13.1 Å². The highest BCUT2D eigenvalue weighted by molar-refractivity contribution is 7.88. The SMILES string of the molecule is CCCCCCCCCCCCCCOc1ccc(CN(Cc2cccc[n+]2C)S(C)(=O)=O)cc1. The number of unbranched alkanes of at least 4 members (excludes halogenated alkanes) is 11. The first kappa shape index (κ1) is 29.3. The average molecular weight is 504 g/mol. The monoisotopic (exact) mass is 503 g/mol. The molecule has 196 valence electrons. The molecular weight excluding hydrogens is 456 g/mol. The summed E-state index contributed by atoms with van der Waals surface area (Å²) >= 11 is 0. The largest absolute Gasteiger partial charge is 0.494 e. The van der Waals surface area contributed by atoms with Gasteiger partial charge in [0, 0.05) is 18.7 Å². The van der Waals surface area contributed by atoms with Gasteiger partial charge >= 0.3 is 0 Å². The molecule has 2 aromatic rings. The van der Waals surface area contributed by atoms with E-state index in [1.165, 1.54) is 81.2 Å². The summed E-state index contributed by atoms with van der Waals surface area (Å²) in [6.07, 6.45) is 19.2. The molecule has 0 N–H and O–H groups in total. The lowest BCUT2D eigenvalue weighted by atomic mass is 10.1. The summed E-state index contributed by atoms with van der Waals surface area (Å²) in [5, 5.41) is 0. The zero-order valence-electron chi connectivity index (χ0n) is 22.3.